The molecule has 0 radical (unpaired) electrons. The average molecular weight is 329 g/mol. The number of hydrogen-bond acceptors (Lipinski definition) is 5. The number of carbonyl (C=O) groups is 2. The highest BCUT2D eigenvalue weighted by Gasteiger charge is 2.47. The summed E-state index contributed by atoms with van der Waals surface area (Å²) >= 11 is 1.32. The fourth-order valence-electron chi connectivity index (χ4n) is 2.83. The van der Waals surface area contributed by atoms with Crippen molar-refractivity contribution in [3.63, 3.8) is 0 Å². The number of nitrogens with zero attached hydrogens (tertiary/aromatic N) is 4. The van der Waals surface area contributed by atoms with E-state index in [2.05, 4.69) is 10.3 Å². The lowest BCUT2D eigenvalue weighted by molar-refractivity contribution is -0.119. The van der Waals surface area contributed by atoms with Gasteiger partial charge in [-0.25, -0.2) is 14.7 Å². The van der Waals surface area contributed by atoms with E-state index in [1.54, 1.807) is 29.2 Å². The zero-order valence-electron chi connectivity index (χ0n) is 12.5. The second kappa shape index (κ2) is 6.30. The lowest BCUT2D eigenvalue weighted by Crippen LogP contribution is -2.32. The second-order valence-corrected chi connectivity index (χ2v) is 5.98. The predicted octanol–water partition coefficient (Wildman–Crippen LogP) is 2.04. The number of imide groups is 1. The van der Waals surface area contributed by atoms with Gasteiger partial charge in [0.25, 0.3) is 5.91 Å². The topological polar surface area (TPSA) is 88.8 Å². The number of benzene rings is 1. The third-order valence-corrected chi connectivity index (χ3v) is 4.47. The number of carbonyl (C=O) groups excluding carboxylic acids is 2. The number of urea groups is 1. The molecular weight excluding hydrogens is 314 g/mol. The molecule has 0 saturated carbocycles. The summed E-state index contributed by atoms with van der Waals surface area (Å²) < 4.78 is 0. The van der Waals surface area contributed by atoms with Crippen LogP contribution in [0.15, 0.2) is 29.3 Å². The van der Waals surface area contributed by atoms with Crippen LogP contribution < -0.4 is 10.2 Å². The van der Waals surface area contributed by atoms with E-state index in [0.29, 0.717) is 23.1 Å². The molecule has 1 aromatic rings. The SMILES string of the molecule is CSC(=Nc1ccc(N2C(=O)C3CCCN3C2=O)cc1)NC#N. The Morgan fingerprint density at radius 2 is 2.13 bits per heavy atom. The van der Waals surface area contributed by atoms with Crippen LogP contribution in [0.25, 0.3) is 0 Å². The van der Waals surface area contributed by atoms with Crippen molar-refractivity contribution in [1.29, 1.82) is 5.26 Å². The minimum absolute atomic E-state index is 0.153. The summed E-state index contributed by atoms with van der Waals surface area (Å²) in [5.41, 5.74) is 1.19. The highest BCUT2D eigenvalue weighted by Crippen LogP contribution is 2.32. The normalized spacial score (nSPS) is 20.7. The van der Waals surface area contributed by atoms with E-state index in [-0.39, 0.29) is 18.0 Å². The van der Waals surface area contributed by atoms with Crippen LogP contribution in [0.1, 0.15) is 12.8 Å². The van der Waals surface area contributed by atoms with Gasteiger partial charge in [-0.05, 0) is 43.4 Å². The van der Waals surface area contributed by atoms with Crippen LogP contribution in [-0.4, -0.2) is 40.8 Å². The zero-order chi connectivity index (χ0) is 16.4. The lowest BCUT2D eigenvalue weighted by atomic mass is 10.2. The van der Waals surface area contributed by atoms with E-state index in [9.17, 15) is 9.59 Å². The minimum atomic E-state index is -0.303. The van der Waals surface area contributed by atoms with Crippen LogP contribution in [0.5, 0.6) is 0 Å². The number of amidine groups is 1. The molecule has 23 heavy (non-hydrogen) atoms. The van der Waals surface area contributed by atoms with E-state index >= 15 is 0 Å². The first-order chi connectivity index (χ1) is 11.2. The third kappa shape index (κ3) is 2.75. The molecule has 7 nitrogen and oxygen atoms in total. The van der Waals surface area contributed by atoms with E-state index in [1.807, 2.05) is 12.4 Å². The van der Waals surface area contributed by atoms with Crippen LogP contribution in [0.2, 0.25) is 0 Å². The Bertz CT molecular complexity index is 688. The van der Waals surface area contributed by atoms with E-state index < -0.39 is 0 Å². The largest absolute Gasteiger partial charge is 0.332 e. The molecule has 1 atom stereocenters. The van der Waals surface area contributed by atoms with Crippen molar-refractivity contribution in [3.8, 4) is 6.19 Å². The maximum absolute atomic E-state index is 12.4. The van der Waals surface area contributed by atoms with Gasteiger partial charge in [0.2, 0.25) is 0 Å². The molecule has 3 amide bonds. The van der Waals surface area contributed by atoms with Crippen LogP contribution in [0, 0.1) is 11.5 Å². The maximum atomic E-state index is 12.4. The van der Waals surface area contributed by atoms with Gasteiger partial charge in [0.05, 0.1) is 11.4 Å². The molecule has 2 fully saturated rings. The van der Waals surface area contributed by atoms with Crippen molar-refractivity contribution in [1.82, 2.24) is 10.2 Å². The number of anilines is 1. The maximum Gasteiger partial charge on any atom is 0.332 e. The Kier molecular flexibility index (Phi) is 4.21. The Morgan fingerprint density at radius 3 is 2.74 bits per heavy atom. The first kappa shape index (κ1) is 15.4. The van der Waals surface area contributed by atoms with Gasteiger partial charge in [-0.3, -0.25) is 10.1 Å². The number of aliphatic imine (C=N–C) groups is 1. The Hall–Kier alpha value is -2.53. The molecule has 0 aliphatic carbocycles. The zero-order valence-corrected chi connectivity index (χ0v) is 13.3. The van der Waals surface area contributed by atoms with Crippen LogP contribution in [0.4, 0.5) is 16.2 Å². The summed E-state index contributed by atoms with van der Waals surface area (Å²) in [6, 6.07) is 6.28. The summed E-state index contributed by atoms with van der Waals surface area (Å²) in [7, 11) is 0. The monoisotopic (exact) mass is 329 g/mol. The van der Waals surface area contributed by atoms with Crippen LogP contribution >= 0.6 is 11.8 Å². The number of rotatable bonds is 2. The summed E-state index contributed by atoms with van der Waals surface area (Å²) in [6.45, 7) is 0.644. The molecule has 1 aromatic carbocycles. The van der Waals surface area contributed by atoms with Gasteiger partial charge < -0.3 is 4.90 Å². The highest BCUT2D eigenvalue weighted by molar-refractivity contribution is 8.13. The van der Waals surface area contributed by atoms with Crippen molar-refractivity contribution in [2.24, 2.45) is 4.99 Å². The first-order valence-corrected chi connectivity index (χ1v) is 8.40. The molecule has 8 heteroatoms. The Balaban J connectivity index is 1.82. The van der Waals surface area contributed by atoms with Crippen molar-refractivity contribution < 1.29 is 9.59 Å². The minimum Gasteiger partial charge on any atom is -0.312 e. The lowest BCUT2D eigenvalue weighted by Gasteiger charge is -2.15. The highest BCUT2D eigenvalue weighted by atomic mass is 32.2. The molecule has 1 unspecified atom stereocenters. The van der Waals surface area contributed by atoms with Crippen LogP contribution in [-0.2, 0) is 4.79 Å². The molecule has 3 rings (SSSR count). The van der Waals surface area contributed by atoms with Gasteiger partial charge in [-0.15, -0.1) is 0 Å². The molecule has 2 saturated heterocycles. The summed E-state index contributed by atoms with van der Waals surface area (Å²) in [5, 5.41) is 11.6. The third-order valence-electron chi connectivity index (χ3n) is 3.89. The molecule has 2 aliphatic rings. The fraction of sp³-hybridized carbons (Fsp3) is 0.333. The van der Waals surface area contributed by atoms with Gasteiger partial charge >= 0.3 is 6.03 Å². The summed E-state index contributed by atoms with van der Waals surface area (Å²) in [4.78, 5) is 31.9. The number of thioether (sulfide) groups is 1. The summed E-state index contributed by atoms with van der Waals surface area (Å²) in [5.74, 6) is -0.153. The standard InChI is InChI=1S/C15H15N5O2S/c1-23-14(17-9-16)18-10-4-6-11(7-5-10)20-13(21)12-3-2-8-19(12)15(20)22/h4-7,12H,2-3,8H2,1H3,(H,17,18). The molecule has 118 valence electrons. The molecule has 1 N–H and O–H groups in total. The molecule has 2 heterocycles. The van der Waals surface area contributed by atoms with Gasteiger partial charge in [-0.1, -0.05) is 11.8 Å². The average Bonchev–Trinajstić information content (AvgIpc) is 3.13. The molecular formula is C15H15N5O2S. The molecule has 0 aromatic heterocycles. The molecule has 0 bridgehead atoms. The van der Waals surface area contributed by atoms with Crippen molar-refractivity contribution in [2.75, 3.05) is 17.7 Å². The van der Waals surface area contributed by atoms with Gasteiger partial charge in [0, 0.05) is 6.54 Å². The van der Waals surface area contributed by atoms with E-state index in [4.69, 9.17) is 5.26 Å². The number of nitrogens with one attached hydrogen (secondary N) is 1. The fourth-order valence-corrected chi connectivity index (χ4v) is 3.17. The second-order valence-electron chi connectivity index (χ2n) is 5.18. The molecule has 2 aliphatic heterocycles. The number of fused-ring (bicyclic) bond motifs is 1. The van der Waals surface area contributed by atoms with Crippen molar-refractivity contribution in [3.05, 3.63) is 24.3 Å². The number of nitriles is 1. The summed E-state index contributed by atoms with van der Waals surface area (Å²) in [6.07, 6.45) is 5.25. The van der Waals surface area contributed by atoms with Gasteiger partial charge in [0.15, 0.2) is 11.4 Å². The quantitative estimate of drug-likeness (QED) is 0.295. The smallest absolute Gasteiger partial charge is 0.312 e. The van der Waals surface area contributed by atoms with Crippen LogP contribution in [0.3, 0.4) is 0 Å². The molecule has 0 spiro atoms. The Morgan fingerprint density at radius 1 is 1.39 bits per heavy atom. The van der Waals surface area contributed by atoms with Gasteiger partial charge in [0.1, 0.15) is 6.04 Å². The Labute approximate surface area is 138 Å². The predicted molar refractivity (Wildman–Crippen MR) is 88.4 cm³/mol. The van der Waals surface area contributed by atoms with Crippen molar-refractivity contribution >= 4 is 40.2 Å². The van der Waals surface area contributed by atoms with E-state index in [1.165, 1.54) is 16.7 Å². The van der Waals surface area contributed by atoms with Gasteiger partial charge in [-0.2, -0.15) is 5.26 Å². The first-order valence-electron chi connectivity index (χ1n) is 7.18. The number of hydrogen-bond donors (Lipinski definition) is 1. The number of amides is 3. The van der Waals surface area contributed by atoms with E-state index in [0.717, 1.165) is 12.8 Å². The van der Waals surface area contributed by atoms with Crippen molar-refractivity contribution in [2.45, 2.75) is 18.9 Å².